The van der Waals surface area contributed by atoms with Crippen LogP contribution < -0.4 is 16.0 Å². The van der Waals surface area contributed by atoms with E-state index in [9.17, 15) is 9.00 Å². The van der Waals surface area contributed by atoms with Gasteiger partial charge in [-0.25, -0.2) is 4.98 Å². The Labute approximate surface area is 126 Å². The molecule has 0 saturated heterocycles. The number of nitrogens with one attached hydrogen (secondary N) is 1. The van der Waals surface area contributed by atoms with E-state index in [2.05, 4.69) is 10.3 Å². The highest BCUT2D eigenvalue weighted by Crippen LogP contribution is 2.27. The molecule has 0 fully saturated rings. The maximum Gasteiger partial charge on any atom is 0.265 e. The molecular formula is C12H22N4O2S2. The van der Waals surface area contributed by atoms with Crippen molar-refractivity contribution in [3.63, 3.8) is 0 Å². The molecule has 2 atom stereocenters. The normalized spacial score (nSPS) is 13.8. The van der Waals surface area contributed by atoms with E-state index in [0.29, 0.717) is 11.4 Å². The van der Waals surface area contributed by atoms with E-state index in [1.54, 1.807) is 6.26 Å². The van der Waals surface area contributed by atoms with Crippen LogP contribution in [0.2, 0.25) is 0 Å². The Hall–Kier alpha value is -1.15. The number of thiazole rings is 1. The first-order valence-electron chi connectivity index (χ1n) is 6.52. The largest absolute Gasteiger partial charge is 0.382 e. The monoisotopic (exact) mass is 318 g/mol. The first kappa shape index (κ1) is 16.9. The maximum absolute atomic E-state index is 12.1. The van der Waals surface area contributed by atoms with Crippen molar-refractivity contribution in [3.05, 3.63) is 4.88 Å². The number of hydrogen-bond donors (Lipinski definition) is 2. The second-order valence-electron chi connectivity index (χ2n) is 4.40. The summed E-state index contributed by atoms with van der Waals surface area (Å²) in [6.45, 7) is 7.87. The smallest absolute Gasteiger partial charge is 0.265 e. The number of carbonyl (C=O) groups excluding carboxylic acids is 1. The van der Waals surface area contributed by atoms with Crippen LogP contribution in [0.1, 0.15) is 30.4 Å². The highest BCUT2D eigenvalue weighted by atomic mass is 32.2. The molecule has 2 unspecified atom stereocenters. The minimum Gasteiger partial charge on any atom is -0.382 e. The lowest BCUT2D eigenvalue weighted by molar-refractivity contribution is 0.0959. The van der Waals surface area contributed by atoms with Crippen molar-refractivity contribution in [2.24, 2.45) is 0 Å². The van der Waals surface area contributed by atoms with Crippen LogP contribution in [-0.4, -0.2) is 46.2 Å². The van der Waals surface area contributed by atoms with E-state index < -0.39 is 10.8 Å². The van der Waals surface area contributed by atoms with Crippen molar-refractivity contribution >= 4 is 39.0 Å². The van der Waals surface area contributed by atoms with Gasteiger partial charge in [0.2, 0.25) is 0 Å². The summed E-state index contributed by atoms with van der Waals surface area (Å²) in [7, 11) is -0.960. The van der Waals surface area contributed by atoms with Crippen molar-refractivity contribution in [1.82, 2.24) is 10.3 Å². The fraction of sp³-hybridized carbons (Fsp3) is 0.667. The molecular weight excluding hydrogens is 296 g/mol. The van der Waals surface area contributed by atoms with Gasteiger partial charge in [-0.1, -0.05) is 11.3 Å². The first-order valence-corrected chi connectivity index (χ1v) is 8.96. The molecule has 0 aromatic carbocycles. The molecule has 0 aliphatic rings. The molecule has 0 bridgehead atoms. The summed E-state index contributed by atoms with van der Waals surface area (Å²) in [4.78, 5) is 18.8. The molecule has 0 spiro atoms. The minimum atomic E-state index is -0.960. The highest BCUT2D eigenvalue weighted by molar-refractivity contribution is 7.84. The second kappa shape index (κ2) is 7.58. The van der Waals surface area contributed by atoms with Crippen molar-refractivity contribution in [3.8, 4) is 0 Å². The van der Waals surface area contributed by atoms with Gasteiger partial charge in [-0.05, 0) is 20.8 Å². The molecule has 6 nitrogen and oxygen atoms in total. The average Bonchev–Trinajstić information content (AvgIpc) is 2.79. The van der Waals surface area contributed by atoms with Gasteiger partial charge in [-0.3, -0.25) is 9.00 Å². The lowest BCUT2D eigenvalue weighted by Crippen LogP contribution is -2.32. The van der Waals surface area contributed by atoms with E-state index in [1.807, 2.05) is 25.7 Å². The van der Waals surface area contributed by atoms with Gasteiger partial charge in [0.25, 0.3) is 5.91 Å². The average molecular weight is 318 g/mol. The molecule has 0 aliphatic heterocycles. The fourth-order valence-corrected chi connectivity index (χ4v) is 2.89. The van der Waals surface area contributed by atoms with Crippen LogP contribution in [0.3, 0.4) is 0 Å². The van der Waals surface area contributed by atoms with Gasteiger partial charge in [0.15, 0.2) is 5.13 Å². The topological polar surface area (TPSA) is 88.3 Å². The van der Waals surface area contributed by atoms with Crippen molar-refractivity contribution < 1.29 is 9.00 Å². The van der Waals surface area contributed by atoms with E-state index in [4.69, 9.17) is 5.73 Å². The van der Waals surface area contributed by atoms with Crippen molar-refractivity contribution in [2.45, 2.75) is 26.0 Å². The van der Waals surface area contributed by atoms with Crippen LogP contribution in [0, 0.1) is 0 Å². The van der Waals surface area contributed by atoms with Crippen LogP contribution in [0.4, 0.5) is 10.9 Å². The number of nitrogen functional groups attached to an aromatic ring is 1. The van der Waals surface area contributed by atoms with Crippen LogP contribution in [0.15, 0.2) is 0 Å². The quantitative estimate of drug-likeness (QED) is 0.785. The SMILES string of the molecule is CCN(CC)c1nc(N)c(C(=O)NCC(C)S(C)=O)s1. The molecule has 20 heavy (non-hydrogen) atoms. The zero-order chi connectivity index (χ0) is 15.3. The van der Waals surface area contributed by atoms with Crippen LogP contribution in [0.5, 0.6) is 0 Å². The Morgan fingerprint density at radius 2 is 2.10 bits per heavy atom. The van der Waals surface area contributed by atoms with E-state index in [-0.39, 0.29) is 17.0 Å². The minimum absolute atomic E-state index is 0.0876. The molecule has 0 radical (unpaired) electrons. The van der Waals surface area contributed by atoms with Gasteiger partial charge in [-0.2, -0.15) is 0 Å². The van der Waals surface area contributed by atoms with Crippen LogP contribution in [0.25, 0.3) is 0 Å². The molecule has 1 aromatic heterocycles. The standard InChI is InChI=1S/C12H22N4O2S2/c1-5-16(6-2)12-15-10(13)9(19-12)11(17)14-7-8(3)20(4)18/h8H,5-7,13H2,1-4H3,(H,14,17). The second-order valence-corrected chi connectivity index (χ2v) is 7.18. The number of amides is 1. The number of carbonyl (C=O) groups is 1. The predicted molar refractivity (Wildman–Crippen MR) is 85.9 cm³/mol. The van der Waals surface area contributed by atoms with E-state index in [1.165, 1.54) is 11.3 Å². The number of nitrogens with zero attached hydrogens (tertiary/aromatic N) is 2. The maximum atomic E-state index is 12.1. The number of anilines is 2. The molecule has 114 valence electrons. The first-order chi connectivity index (χ1) is 9.40. The van der Waals surface area contributed by atoms with Crippen LogP contribution >= 0.6 is 11.3 Å². The summed E-state index contributed by atoms with van der Waals surface area (Å²) >= 11 is 1.29. The van der Waals surface area contributed by atoms with Crippen LogP contribution in [-0.2, 0) is 10.8 Å². The fourth-order valence-electron chi connectivity index (χ4n) is 1.55. The number of rotatable bonds is 7. The molecule has 8 heteroatoms. The van der Waals surface area contributed by atoms with Gasteiger partial charge in [0.05, 0.1) is 0 Å². The zero-order valence-electron chi connectivity index (χ0n) is 12.3. The molecule has 3 N–H and O–H groups in total. The summed E-state index contributed by atoms with van der Waals surface area (Å²) in [6, 6.07) is 0. The molecule has 1 aromatic rings. The zero-order valence-corrected chi connectivity index (χ0v) is 13.9. The Morgan fingerprint density at radius 1 is 1.50 bits per heavy atom. The Morgan fingerprint density at radius 3 is 2.60 bits per heavy atom. The van der Waals surface area contributed by atoms with Crippen molar-refractivity contribution in [1.29, 1.82) is 0 Å². The summed E-state index contributed by atoms with van der Waals surface area (Å²) in [5, 5.41) is 3.42. The lowest BCUT2D eigenvalue weighted by atomic mass is 10.4. The Kier molecular flexibility index (Phi) is 6.41. The molecule has 1 amide bonds. The third-order valence-electron chi connectivity index (χ3n) is 3.00. The summed E-state index contributed by atoms with van der Waals surface area (Å²) in [5.74, 6) is -0.00428. The summed E-state index contributed by atoms with van der Waals surface area (Å²) in [6.07, 6.45) is 1.62. The number of nitrogens with two attached hydrogens (primary N) is 1. The number of aromatic nitrogens is 1. The summed E-state index contributed by atoms with van der Waals surface area (Å²) in [5.41, 5.74) is 5.81. The lowest BCUT2D eigenvalue weighted by Gasteiger charge is -2.16. The van der Waals surface area contributed by atoms with Gasteiger partial charge < -0.3 is 16.0 Å². The summed E-state index contributed by atoms with van der Waals surface area (Å²) < 4.78 is 11.2. The molecule has 1 heterocycles. The third-order valence-corrected chi connectivity index (χ3v) is 5.43. The predicted octanol–water partition coefficient (Wildman–Crippen LogP) is 1.07. The molecule has 0 aliphatic carbocycles. The van der Waals surface area contributed by atoms with Crippen molar-refractivity contribution in [2.75, 3.05) is 36.5 Å². The number of hydrogen-bond acceptors (Lipinski definition) is 6. The highest BCUT2D eigenvalue weighted by Gasteiger charge is 2.19. The third kappa shape index (κ3) is 4.17. The molecule has 1 rings (SSSR count). The van der Waals surface area contributed by atoms with Gasteiger partial charge in [0, 0.05) is 41.9 Å². The van der Waals surface area contributed by atoms with E-state index >= 15 is 0 Å². The van der Waals surface area contributed by atoms with Gasteiger partial charge in [-0.15, -0.1) is 0 Å². The van der Waals surface area contributed by atoms with Gasteiger partial charge in [0.1, 0.15) is 10.7 Å². The molecule has 0 saturated carbocycles. The van der Waals surface area contributed by atoms with Gasteiger partial charge >= 0.3 is 0 Å². The Balaban J connectivity index is 2.76. The Bertz CT molecular complexity index is 486. The van der Waals surface area contributed by atoms with E-state index in [0.717, 1.165) is 18.2 Å².